The van der Waals surface area contributed by atoms with Crippen molar-refractivity contribution in [2.75, 3.05) is 6.61 Å². The van der Waals surface area contributed by atoms with E-state index < -0.39 is 60.4 Å². The van der Waals surface area contributed by atoms with E-state index in [9.17, 15) is 29.4 Å². The van der Waals surface area contributed by atoms with Gasteiger partial charge in [0, 0.05) is 0 Å². The van der Waals surface area contributed by atoms with Crippen molar-refractivity contribution in [2.45, 2.75) is 78.6 Å². The minimum Gasteiger partial charge on any atom is -0.480 e. The number of hydrogen-bond donors (Lipinski definition) is 6. The second kappa shape index (κ2) is 13.2. The molecule has 3 amide bonds. The number of carboxylic acids is 1. The van der Waals surface area contributed by atoms with Crippen molar-refractivity contribution in [3.05, 3.63) is 0 Å². The maximum Gasteiger partial charge on any atom is 0.326 e. The van der Waals surface area contributed by atoms with Crippen LogP contribution in [-0.4, -0.2) is 64.7 Å². The predicted octanol–water partition coefficient (Wildman–Crippen LogP) is -0.407. The lowest BCUT2D eigenvalue weighted by Gasteiger charge is -2.28. The number of aliphatic hydroxyl groups excluding tert-OH is 1. The van der Waals surface area contributed by atoms with Crippen LogP contribution >= 0.6 is 0 Å². The number of nitrogens with two attached hydrogens (primary N) is 1. The van der Waals surface area contributed by atoms with Gasteiger partial charge in [0.1, 0.15) is 18.1 Å². The molecule has 0 bridgehead atoms. The van der Waals surface area contributed by atoms with Gasteiger partial charge in [0.15, 0.2) is 0 Å². The Morgan fingerprint density at radius 1 is 0.800 bits per heavy atom. The normalized spacial score (nSPS) is 17.2. The fourth-order valence-corrected chi connectivity index (χ4v) is 2.69. The third-order valence-corrected chi connectivity index (χ3v) is 5.40. The SMILES string of the molecule is CCC(C)C(N)C(=O)NC(C(=O)NC(CO)C(=O)NC(C(=O)O)C(C)C)C(C)CC. The van der Waals surface area contributed by atoms with Crippen LogP contribution in [-0.2, 0) is 19.2 Å². The number of hydrogen-bond acceptors (Lipinski definition) is 6. The van der Waals surface area contributed by atoms with E-state index in [4.69, 9.17) is 5.73 Å². The quantitative estimate of drug-likeness (QED) is 0.231. The Morgan fingerprint density at radius 3 is 1.70 bits per heavy atom. The second-order valence-electron chi connectivity index (χ2n) is 8.10. The van der Waals surface area contributed by atoms with Gasteiger partial charge in [0.2, 0.25) is 17.7 Å². The minimum absolute atomic E-state index is 0.0782. The molecule has 0 aliphatic heterocycles. The van der Waals surface area contributed by atoms with Crippen LogP contribution in [0.3, 0.4) is 0 Å². The molecule has 6 unspecified atom stereocenters. The van der Waals surface area contributed by atoms with Crippen LogP contribution in [0, 0.1) is 17.8 Å². The van der Waals surface area contributed by atoms with Crippen molar-refractivity contribution in [1.29, 1.82) is 0 Å². The van der Waals surface area contributed by atoms with Gasteiger partial charge in [-0.1, -0.05) is 54.4 Å². The fourth-order valence-electron chi connectivity index (χ4n) is 2.69. The van der Waals surface area contributed by atoms with Crippen LogP contribution in [0.4, 0.5) is 0 Å². The van der Waals surface area contributed by atoms with Crippen molar-refractivity contribution in [1.82, 2.24) is 16.0 Å². The molecule has 0 spiro atoms. The van der Waals surface area contributed by atoms with E-state index in [1.807, 2.05) is 20.8 Å². The summed E-state index contributed by atoms with van der Waals surface area (Å²) in [5.74, 6) is -3.90. The second-order valence-corrected chi connectivity index (χ2v) is 8.10. The summed E-state index contributed by atoms with van der Waals surface area (Å²) in [6.07, 6.45) is 1.27. The van der Waals surface area contributed by atoms with Gasteiger partial charge in [-0.25, -0.2) is 4.79 Å². The molecule has 0 radical (unpaired) electrons. The number of aliphatic carboxylic acids is 1. The van der Waals surface area contributed by atoms with Gasteiger partial charge < -0.3 is 31.9 Å². The molecule has 0 fully saturated rings. The van der Waals surface area contributed by atoms with Crippen LogP contribution < -0.4 is 21.7 Å². The summed E-state index contributed by atoms with van der Waals surface area (Å²) in [5, 5.41) is 26.1. The van der Waals surface area contributed by atoms with Crippen LogP contribution in [0.2, 0.25) is 0 Å². The maximum atomic E-state index is 12.8. The molecule has 0 saturated carbocycles. The maximum absolute atomic E-state index is 12.8. The highest BCUT2D eigenvalue weighted by Gasteiger charge is 2.33. The zero-order chi connectivity index (χ0) is 23.6. The summed E-state index contributed by atoms with van der Waals surface area (Å²) in [4.78, 5) is 48.9. The Bertz CT molecular complexity index is 598. The molecule has 10 nitrogen and oxygen atoms in total. The Kier molecular flexibility index (Phi) is 12.2. The van der Waals surface area contributed by atoms with Crippen molar-refractivity contribution in [3.8, 4) is 0 Å². The lowest BCUT2D eigenvalue weighted by Crippen LogP contribution is -2.60. The van der Waals surface area contributed by atoms with E-state index in [0.717, 1.165) is 0 Å². The molecule has 0 aliphatic rings. The van der Waals surface area contributed by atoms with E-state index in [2.05, 4.69) is 16.0 Å². The van der Waals surface area contributed by atoms with Gasteiger partial charge in [-0.15, -0.1) is 0 Å². The van der Waals surface area contributed by atoms with Crippen molar-refractivity contribution in [3.63, 3.8) is 0 Å². The van der Waals surface area contributed by atoms with Crippen molar-refractivity contribution in [2.24, 2.45) is 23.5 Å². The molecule has 10 heteroatoms. The van der Waals surface area contributed by atoms with Gasteiger partial charge in [-0.2, -0.15) is 0 Å². The molecule has 0 aromatic carbocycles. The number of carbonyl (C=O) groups excluding carboxylic acids is 3. The Morgan fingerprint density at radius 2 is 1.30 bits per heavy atom. The first kappa shape index (κ1) is 27.8. The molecule has 7 N–H and O–H groups in total. The zero-order valence-corrected chi connectivity index (χ0v) is 18.8. The van der Waals surface area contributed by atoms with E-state index in [0.29, 0.717) is 12.8 Å². The zero-order valence-electron chi connectivity index (χ0n) is 18.8. The summed E-state index contributed by atoms with van der Waals surface area (Å²) >= 11 is 0. The largest absolute Gasteiger partial charge is 0.480 e. The van der Waals surface area contributed by atoms with Crippen LogP contribution in [0.25, 0.3) is 0 Å². The number of aliphatic hydroxyl groups is 1. The highest BCUT2D eigenvalue weighted by atomic mass is 16.4. The van der Waals surface area contributed by atoms with Gasteiger partial charge in [-0.05, 0) is 17.8 Å². The third-order valence-electron chi connectivity index (χ3n) is 5.40. The Hall–Kier alpha value is -2.20. The monoisotopic (exact) mass is 430 g/mol. The summed E-state index contributed by atoms with van der Waals surface area (Å²) in [5.41, 5.74) is 5.94. The summed E-state index contributed by atoms with van der Waals surface area (Å²) in [6.45, 7) is 9.89. The smallest absolute Gasteiger partial charge is 0.326 e. The Labute approximate surface area is 178 Å². The van der Waals surface area contributed by atoms with Crippen molar-refractivity contribution < 1.29 is 29.4 Å². The van der Waals surface area contributed by atoms with E-state index >= 15 is 0 Å². The molecule has 0 saturated heterocycles. The van der Waals surface area contributed by atoms with Crippen molar-refractivity contribution >= 4 is 23.7 Å². The fraction of sp³-hybridized carbons (Fsp3) is 0.800. The van der Waals surface area contributed by atoms with Crippen LogP contribution in [0.15, 0.2) is 0 Å². The molecular weight excluding hydrogens is 392 g/mol. The first-order valence-corrected chi connectivity index (χ1v) is 10.4. The first-order valence-electron chi connectivity index (χ1n) is 10.4. The third kappa shape index (κ3) is 8.27. The average molecular weight is 431 g/mol. The van der Waals surface area contributed by atoms with Crippen LogP contribution in [0.1, 0.15) is 54.4 Å². The molecule has 0 aliphatic carbocycles. The molecule has 30 heavy (non-hydrogen) atoms. The minimum atomic E-state index is -1.36. The van der Waals surface area contributed by atoms with E-state index in [1.54, 1.807) is 20.8 Å². The van der Waals surface area contributed by atoms with Gasteiger partial charge in [0.05, 0.1) is 12.6 Å². The standard InChI is InChI=1S/C20H38N4O6/c1-7-11(5)14(21)18(27)24-16(12(6)8-2)19(28)22-13(9-25)17(26)23-15(10(3)4)20(29)30/h10-16,25H,7-9,21H2,1-6H3,(H,22,28)(H,23,26)(H,24,27)(H,29,30). The van der Waals surface area contributed by atoms with Gasteiger partial charge >= 0.3 is 5.97 Å². The summed E-state index contributed by atoms with van der Waals surface area (Å²) in [7, 11) is 0. The molecule has 0 heterocycles. The highest BCUT2D eigenvalue weighted by Crippen LogP contribution is 2.11. The van der Waals surface area contributed by atoms with Gasteiger partial charge in [0.25, 0.3) is 0 Å². The first-order chi connectivity index (χ1) is 13.9. The lowest BCUT2D eigenvalue weighted by molar-refractivity contribution is -0.144. The highest BCUT2D eigenvalue weighted by molar-refractivity contribution is 5.94. The molecule has 174 valence electrons. The number of rotatable bonds is 13. The summed E-state index contributed by atoms with van der Waals surface area (Å²) in [6, 6.07) is -4.26. The number of carbonyl (C=O) groups is 4. The predicted molar refractivity (Wildman–Crippen MR) is 112 cm³/mol. The van der Waals surface area contributed by atoms with E-state index in [1.165, 1.54) is 0 Å². The van der Waals surface area contributed by atoms with E-state index in [-0.39, 0.29) is 11.8 Å². The lowest BCUT2D eigenvalue weighted by atomic mass is 9.95. The van der Waals surface area contributed by atoms with Crippen LogP contribution in [0.5, 0.6) is 0 Å². The number of carboxylic acid groups (broad SMARTS) is 1. The molecule has 0 aromatic rings. The molecule has 6 atom stereocenters. The van der Waals surface area contributed by atoms with Gasteiger partial charge in [-0.3, -0.25) is 14.4 Å². The Balaban J connectivity index is 5.33. The average Bonchev–Trinajstić information content (AvgIpc) is 2.70. The summed E-state index contributed by atoms with van der Waals surface area (Å²) < 4.78 is 0. The number of amides is 3. The molecule has 0 aromatic heterocycles. The topological polar surface area (TPSA) is 171 Å². The number of nitrogens with one attached hydrogen (secondary N) is 3. The molecular formula is C20H38N4O6. The molecule has 0 rings (SSSR count).